The van der Waals surface area contributed by atoms with Gasteiger partial charge in [-0.25, -0.2) is 32.9 Å². The van der Waals surface area contributed by atoms with Crippen molar-refractivity contribution in [2.24, 2.45) is 0 Å². The Kier molecular flexibility index (Phi) is 3.64. The predicted molar refractivity (Wildman–Crippen MR) is 66.9 cm³/mol. The molecule has 0 aliphatic carbocycles. The number of halogens is 1. The van der Waals surface area contributed by atoms with Gasteiger partial charge in [-0.05, 0) is 6.07 Å². The third-order valence-electron chi connectivity index (χ3n) is 1.83. The van der Waals surface area contributed by atoms with Crippen molar-refractivity contribution in [3.8, 4) is 0 Å². The molecule has 0 aromatic carbocycles. The Bertz CT molecular complexity index is 730. The zero-order chi connectivity index (χ0) is 14.0. The van der Waals surface area contributed by atoms with Crippen LogP contribution in [0.25, 0.3) is 0 Å². The minimum atomic E-state index is -4.12. The number of hydrogen-bond acceptors (Lipinski definition) is 7. The zero-order valence-corrected chi connectivity index (χ0v) is 11.3. The van der Waals surface area contributed by atoms with Gasteiger partial charge in [0.25, 0.3) is 10.0 Å². The van der Waals surface area contributed by atoms with Crippen LogP contribution in [0.4, 0.5) is 5.95 Å². The van der Waals surface area contributed by atoms with E-state index in [0.717, 1.165) is 5.51 Å². The third kappa shape index (κ3) is 2.97. The number of thiazole rings is 1. The summed E-state index contributed by atoms with van der Waals surface area (Å²) in [7, 11) is -4.12. The van der Waals surface area contributed by atoms with E-state index in [1.165, 1.54) is 12.3 Å². The van der Waals surface area contributed by atoms with Crippen LogP contribution in [-0.2, 0) is 10.0 Å². The van der Waals surface area contributed by atoms with Crippen LogP contribution >= 0.6 is 22.9 Å². The van der Waals surface area contributed by atoms with Crippen LogP contribution in [0.1, 0.15) is 10.5 Å². The molecule has 0 saturated carbocycles. The largest absolute Gasteiger partial charge is 0.476 e. The summed E-state index contributed by atoms with van der Waals surface area (Å²) in [4.78, 5) is 21.6. The van der Waals surface area contributed by atoms with Crippen molar-refractivity contribution in [2.45, 2.75) is 4.21 Å². The molecule has 0 fully saturated rings. The van der Waals surface area contributed by atoms with Crippen LogP contribution in [0.2, 0.25) is 5.15 Å². The Balaban J connectivity index is 2.38. The monoisotopic (exact) mass is 320 g/mol. The number of aromatic nitrogens is 3. The molecule has 2 aromatic heterocycles. The fraction of sp³-hybridized carbons (Fsp3) is 0. The van der Waals surface area contributed by atoms with Gasteiger partial charge in [0.05, 0.1) is 5.51 Å². The molecule has 0 amide bonds. The maximum absolute atomic E-state index is 12.0. The second kappa shape index (κ2) is 5.07. The van der Waals surface area contributed by atoms with E-state index in [2.05, 4.69) is 15.0 Å². The second-order valence-electron chi connectivity index (χ2n) is 3.10. The number of sulfonamides is 1. The number of rotatable bonds is 4. The normalized spacial score (nSPS) is 11.2. The van der Waals surface area contributed by atoms with Crippen LogP contribution in [0.3, 0.4) is 0 Å². The van der Waals surface area contributed by atoms with Gasteiger partial charge in [-0.1, -0.05) is 11.6 Å². The lowest BCUT2D eigenvalue weighted by atomic mass is 10.5. The van der Waals surface area contributed by atoms with Gasteiger partial charge in [-0.2, -0.15) is 0 Å². The Morgan fingerprint density at radius 2 is 2.16 bits per heavy atom. The standard InChI is InChI=1S/C8H5ClN4O4S2/c9-4-1-2-10-8(12-4)13-19(16,17)7-5(6(14)15)11-3-18-7/h1-3H,(H,14,15)(H,10,12,13). The number of anilines is 1. The third-order valence-corrected chi connectivity index (χ3v) is 4.74. The number of carbonyl (C=O) groups is 1. The van der Waals surface area contributed by atoms with Crippen LogP contribution in [0.15, 0.2) is 22.0 Å². The molecule has 2 rings (SSSR count). The molecule has 19 heavy (non-hydrogen) atoms. The minimum absolute atomic E-state index is 0.0514. The van der Waals surface area contributed by atoms with Crippen LogP contribution in [0, 0.1) is 0 Å². The summed E-state index contributed by atoms with van der Waals surface area (Å²) < 4.78 is 25.5. The van der Waals surface area contributed by atoms with Crippen molar-refractivity contribution in [1.29, 1.82) is 0 Å². The van der Waals surface area contributed by atoms with Gasteiger partial charge in [-0.3, -0.25) is 0 Å². The number of nitrogens with one attached hydrogen (secondary N) is 1. The molecule has 0 spiro atoms. The van der Waals surface area contributed by atoms with E-state index in [9.17, 15) is 13.2 Å². The molecule has 0 unspecified atom stereocenters. The van der Waals surface area contributed by atoms with E-state index in [1.54, 1.807) is 0 Å². The molecule has 0 radical (unpaired) electrons. The van der Waals surface area contributed by atoms with E-state index in [-0.39, 0.29) is 11.1 Å². The maximum Gasteiger partial charge on any atom is 0.356 e. The van der Waals surface area contributed by atoms with Crippen molar-refractivity contribution in [3.63, 3.8) is 0 Å². The maximum atomic E-state index is 12.0. The Labute approximate surface area is 116 Å². The second-order valence-corrected chi connectivity index (χ2v) is 6.22. The molecule has 0 atom stereocenters. The molecule has 0 aliphatic rings. The van der Waals surface area contributed by atoms with E-state index in [0.29, 0.717) is 11.3 Å². The molecule has 11 heteroatoms. The van der Waals surface area contributed by atoms with Crippen LogP contribution < -0.4 is 4.72 Å². The van der Waals surface area contributed by atoms with Gasteiger partial charge in [0.15, 0.2) is 9.90 Å². The van der Waals surface area contributed by atoms with Gasteiger partial charge >= 0.3 is 5.97 Å². The number of aromatic carboxylic acids is 1. The lowest BCUT2D eigenvalue weighted by Gasteiger charge is -2.04. The summed E-state index contributed by atoms with van der Waals surface area (Å²) in [5, 5.41) is 8.88. The fourth-order valence-electron chi connectivity index (χ4n) is 1.12. The van der Waals surface area contributed by atoms with E-state index in [4.69, 9.17) is 16.7 Å². The zero-order valence-electron chi connectivity index (χ0n) is 8.94. The highest BCUT2D eigenvalue weighted by molar-refractivity contribution is 7.94. The van der Waals surface area contributed by atoms with Crippen molar-refractivity contribution < 1.29 is 18.3 Å². The molecule has 8 nitrogen and oxygen atoms in total. The molecule has 0 aliphatic heterocycles. The first kappa shape index (κ1) is 13.6. The van der Waals surface area contributed by atoms with E-state index >= 15 is 0 Å². The summed E-state index contributed by atoms with van der Waals surface area (Å²) in [5.41, 5.74) is 0.566. The predicted octanol–water partition coefficient (Wildman–Crippen LogP) is 1.09. The minimum Gasteiger partial charge on any atom is -0.476 e. The van der Waals surface area contributed by atoms with Crippen molar-refractivity contribution in [3.05, 3.63) is 28.6 Å². The summed E-state index contributed by atoms with van der Waals surface area (Å²) >= 11 is 6.27. The van der Waals surface area contributed by atoms with Gasteiger partial charge in [-0.15, -0.1) is 11.3 Å². The average Bonchev–Trinajstić information content (AvgIpc) is 2.77. The first-order valence-electron chi connectivity index (χ1n) is 4.58. The van der Waals surface area contributed by atoms with E-state index < -0.39 is 25.9 Å². The van der Waals surface area contributed by atoms with Crippen LogP contribution in [0.5, 0.6) is 0 Å². The lowest BCUT2D eigenvalue weighted by molar-refractivity contribution is 0.0687. The summed E-state index contributed by atoms with van der Waals surface area (Å²) in [6, 6.07) is 1.37. The summed E-state index contributed by atoms with van der Waals surface area (Å²) in [6.07, 6.45) is 1.26. The van der Waals surface area contributed by atoms with E-state index in [1.807, 2.05) is 4.72 Å². The highest BCUT2D eigenvalue weighted by atomic mass is 35.5. The molecular formula is C8H5ClN4O4S2. The summed E-state index contributed by atoms with van der Waals surface area (Å²) in [5.74, 6) is -1.69. The molecule has 2 aromatic rings. The SMILES string of the molecule is O=C(O)c1ncsc1S(=O)(=O)Nc1nccc(Cl)n1. The average molecular weight is 321 g/mol. The fourth-order valence-corrected chi connectivity index (χ4v) is 3.35. The Morgan fingerprint density at radius 3 is 2.79 bits per heavy atom. The quantitative estimate of drug-likeness (QED) is 0.808. The highest BCUT2D eigenvalue weighted by Gasteiger charge is 2.26. The smallest absolute Gasteiger partial charge is 0.356 e. The van der Waals surface area contributed by atoms with Gasteiger partial charge in [0.2, 0.25) is 5.95 Å². The lowest BCUT2D eigenvalue weighted by Crippen LogP contribution is -2.16. The van der Waals surface area contributed by atoms with Crippen molar-refractivity contribution in [1.82, 2.24) is 15.0 Å². The highest BCUT2D eigenvalue weighted by Crippen LogP contribution is 2.22. The van der Waals surface area contributed by atoms with Gasteiger partial charge < -0.3 is 5.11 Å². The topological polar surface area (TPSA) is 122 Å². The summed E-state index contributed by atoms with van der Waals surface area (Å²) in [6.45, 7) is 0. The van der Waals surface area contributed by atoms with Crippen molar-refractivity contribution in [2.75, 3.05) is 4.72 Å². The molecule has 0 bridgehead atoms. The molecule has 2 N–H and O–H groups in total. The van der Waals surface area contributed by atoms with Gasteiger partial charge in [0.1, 0.15) is 5.15 Å². The molecule has 2 heterocycles. The molecular weight excluding hydrogens is 316 g/mol. The first-order valence-corrected chi connectivity index (χ1v) is 7.32. The Hall–Kier alpha value is -1.78. The molecule has 100 valence electrons. The van der Waals surface area contributed by atoms with Crippen molar-refractivity contribution >= 4 is 44.9 Å². The number of carboxylic acids is 1. The molecule has 0 saturated heterocycles. The van der Waals surface area contributed by atoms with Gasteiger partial charge in [0, 0.05) is 6.20 Å². The first-order chi connectivity index (χ1) is 8.90. The number of carboxylic acid groups (broad SMARTS) is 1. The number of nitrogens with zero attached hydrogens (tertiary/aromatic N) is 3. The Morgan fingerprint density at radius 1 is 1.42 bits per heavy atom. The number of hydrogen-bond donors (Lipinski definition) is 2. The van der Waals surface area contributed by atoms with Crippen LogP contribution in [-0.4, -0.2) is 34.4 Å².